The molecule has 0 spiro atoms. The van der Waals surface area contributed by atoms with Crippen LogP contribution in [0, 0.1) is 29.1 Å². The van der Waals surface area contributed by atoms with Gasteiger partial charge < -0.3 is 20.0 Å². The number of nitriles is 1. The van der Waals surface area contributed by atoms with Gasteiger partial charge in [0.15, 0.2) is 0 Å². The standard InChI is InChI=1S/C17H17F3N4O3/c18-17(19,20)13-2-14(22-16(10(13)3-21)24-4-8(25)5-24)23-6-11-9(1-15(26)27)12(11)7-23/h2,8-9,11-12,25H,1,4-7H2,(H,26,27)/t9?,11-,12+. The second-order valence-electron chi connectivity index (χ2n) is 7.39. The van der Waals surface area contributed by atoms with Crippen molar-refractivity contribution < 1.29 is 28.2 Å². The number of aliphatic hydroxyl groups excluding tert-OH is 1. The Balaban J connectivity index is 1.63. The largest absolute Gasteiger partial charge is 0.481 e. The molecule has 1 aliphatic carbocycles. The quantitative estimate of drug-likeness (QED) is 0.810. The van der Waals surface area contributed by atoms with Crippen LogP contribution in [0.15, 0.2) is 6.07 Å². The van der Waals surface area contributed by atoms with Crippen molar-refractivity contribution in [2.24, 2.45) is 17.8 Å². The number of aliphatic carboxylic acids is 1. The molecule has 3 heterocycles. The van der Waals surface area contributed by atoms with Crippen molar-refractivity contribution in [2.75, 3.05) is 36.0 Å². The van der Waals surface area contributed by atoms with E-state index in [1.54, 1.807) is 11.0 Å². The lowest BCUT2D eigenvalue weighted by molar-refractivity contribution is -0.138. The molecule has 2 saturated heterocycles. The third-order valence-corrected chi connectivity index (χ3v) is 5.67. The van der Waals surface area contributed by atoms with Gasteiger partial charge >= 0.3 is 12.1 Å². The summed E-state index contributed by atoms with van der Waals surface area (Å²) in [7, 11) is 0. The van der Waals surface area contributed by atoms with E-state index in [0.29, 0.717) is 13.1 Å². The number of aliphatic hydroxyl groups is 1. The summed E-state index contributed by atoms with van der Waals surface area (Å²) in [5.41, 5.74) is -1.57. The number of anilines is 2. The van der Waals surface area contributed by atoms with Gasteiger partial charge in [-0.15, -0.1) is 0 Å². The number of hydrogen-bond acceptors (Lipinski definition) is 6. The fraction of sp³-hybridized carbons (Fsp3) is 0.588. The monoisotopic (exact) mass is 382 g/mol. The molecule has 1 unspecified atom stereocenters. The number of carboxylic acids is 1. The molecule has 1 aromatic rings. The molecule has 27 heavy (non-hydrogen) atoms. The van der Waals surface area contributed by atoms with Crippen LogP contribution in [-0.4, -0.2) is 53.4 Å². The van der Waals surface area contributed by atoms with E-state index < -0.39 is 29.4 Å². The molecule has 144 valence electrons. The van der Waals surface area contributed by atoms with Gasteiger partial charge in [0, 0.05) is 32.6 Å². The molecule has 1 aromatic heterocycles. The van der Waals surface area contributed by atoms with E-state index in [1.807, 2.05) is 0 Å². The first-order valence-corrected chi connectivity index (χ1v) is 8.61. The highest BCUT2D eigenvalue weighted by Gasteiger charge is 2.56. The average Bonchev–Trinajstić information content (AvgIpc) is 3.00. The van der Waals surface area contributed by atoms with Gasteiger partial charge in [-0.05, 0) is 23.8 Å². The SMILES string of the molecule is N#Cc1c(C(F)(F)F)cc(N2C[C@@H]3C(CC(=O)O)[C@@H]3C2)nc1N1CC(O)C1. The number of piperidine rings is 1. The lowest BCUT2D eigenvalue weighted by Crippen LogP contribution is -2.51. The summed E-state index contributed by atoms with van der Waals surface area (Å²) in [4.78, 5) is 18.3. The predicted molar refractivity (Wildman–Crippen MR) is 87.1 cm³/mol. The maximum Gasteiger partial charge on any atom is 0.417 e. The molecule has 3 atom stereocenters. The first-order valence-electron chi connectivity index (χ1n) is 8.61. The van der Waals surface area contributed by atoms with Crippen molar-refractivity contribution in [3.05, 3.63) is 17.2 Å². The van der Waals surface area contributed by atoms with E-state index in [-0.39, 0.29) is 48.9 Å². The van der Waals surface area contributed by atoms with Crippen LogP contribution in [0.1, 0.15) is 17.5 Å². The summed E-state index contributed by atoms with van der Waals surface area (Å²) in [6.45, 7) is 1.19. The van der Waals surface area contributed by atoms with Crippen LogP contribution in [0.2, 0.25) is 0 Å². The molecular weight excluding hydrogens is 365 g/mol. The molecule has 0 radical (unpaired) electrons. The highest BCUT2D eigenvalue weighted by molar-refractivity contribution is 5.68. The topological polar surface area (TPSA) is 101 Å². The van der Waals surface area contributed by atoms with Crippen LogP contribution < -0.4 is 9.80 Å². The van der Waals surface area contributed by atoms with Gasteiger partial charge in [0.2, 0.25) is 0 Å². The van der Waals surface area contributed by atoms with E-state index in [4.69, 9.17) is 5.11 Å². The predicted octanol–water partition coefficient (Wildman–Crippen LogP) is 1.31. The van der Waals surface area contributed by atoms with Gasteiger partial charge in [0.05, 0.1) is 11.7 Å². The third-order valence-electron chi connectivity index (χ3n) is 5.67. The van der Waals surface area contributed by atoms with Crippen LogP contribution in [0.4, 0.5) is 24.8 Å². The van der Waals surface area contributed by atoms with Crippen molar-refractivity contribution in [1.29, 1.82) is 5.26 Å². The maximum atomic E-state index is 13.5. The number of hydrogen-bond donors (Lipinski definition) is 2. The molecule has 0 amide bonds. The minimum atomic E-state index is -4.70. The lowest BCUT2D eigenvalue weighted by atomic mass is 10.1. The van der Waals surface area contributed by atoms with Gasteiger partial charge in [0.1, 0.15) is 23.3 Å². The number of fused-ring (bicyclic) bond motifs is 1. The van der Waals surface area contributed by atoms with Gasteiger partial charge in [-0.2, -0.15) is 18.4 Å². The van der Waals surface area contributed by atoms with Gasteiger partial charge in [-0.3, -0.25) is 4.79 Å². The number of carboxylic acid groups (broad SMARTS) is 1. The Hall–Kier alpha value is -2.54. The highest BCUT2D eigenvalue weighted by Crippen LogP contribution is 2.54. The number of nitrogens with zero attached hydrogens (tertiary/aromatic N) is 4. The number of pyridine rings is 1. The van der Waals surface area contributed by atoms with Crippen molar-refractivity contribution in [2.45, 2.75) is 18.7 Å². The summed E-state index contributed by atoms with van der Waals surface area (Å²) < 4.78 is 40.5. The third kappa shape index (κ3) is 3.06. The Labute approximate surface area is 152 Å². The van der Waals surface area contributed by atoms with Gasteiger partial charge in [-0.25, -0.2) is 4.98 Å². The lowest BCUT2D eigenvalue weighted by Gasteiger charge is -2.38. The summed E-state index contributed by atoms with van der Waals surface area (Å²) in [5.74, 6) is -0.404. The Morgan fingerprint density at radius 3 is 2.37 bits per heavy atom. The molecule has 4 rings (SSSR count). The van der Waals surface area contributed by atoms with Gasteiger partial charge in [-0.1, -0.05) is 0 Å². The van der Waals surface area contributed by atoms with Crippen molar-refractivity contribution in [3.8, 4) is 6.07 Å². The number of halogens is 3. The van der Waals surface area contributed by atoms with Crippen molar-refractivity contribution >= 4 is 17.6 Å². The van der Waals surface area contributed by atoms with Crippen LogP contribution in [0.3, 0.4) is 0 Å². The summed E-state index contributed by atoms with van der Waals surface area (Å²) in [6.07, 6.45) is -5.27. The van der Waals surface area contributed by atoms with Crippen molar-refractivity contribution in [3.63, 3.8) is 0 Å². The van der Waals surface area contributed by atoms with E-state index in [2.05, 4.69) is 4.98 Å². The van der Waals surface area contributed by atoms with E-state index in [1.165, 1.54) is 4.90 Å². The van der Waals surface area contributed by atoms with E-state index in [9.17, 15) is 28.3 Å². The Morgan fingerprint density at radius 2 is 1.89 bits per heavy atom. The number of β-amino-alcohol motifs (C(OH)–C–C–N with tert-alkyl or cyclic N) is 1. The van der Waals surface area contributed by atoms with E-state index >= 15 is 0 Å². The van der Waals surface area contributed by atoms with Crippen LogP contribution in [-0.2, 0) is 11.0 Å². The smallest absolute Gasteiger partial charge is 0.417 e. The zero-order chi connectivity index (χ0) is 19.5. The minimum absolute atomic E-state index is 0.0599. The normalized spacial score (nSPS) is 27.1. The molecule has 0 aromatic carbocycles. The molecule has 3 aliphatic rings. The number of alkyl halides is 3. The summed E-state index contributed by atoms with van der Waals surface area (Å²) >= 11 is 0. The van der Waals surface area contributed by atoms with Crippen LogP contribution >= 0.6 is 0 Å². The van der Waals surface area contributed by atoms with E-state index in [0.717, 1.165) is 6.07 Å². The Kier molecular flexibility index (Phi) is 3.96. The fourth-order valence-corrected chi connectivity index (χ4v) is 4.21. The summed E-state index contributed by atoms with van der Waals surface area (Å²) in [6, 6.07) is 2.51. The van der Waals surface area contributed by atoms with Crippen LogP contribution in [0.25, 0.3) is 0 Å². The fourth-order valence-electron chi connectivity index (χ4n) is 4.21. The zero-order valence-corrected chi connectivity index (χ0v) is 14.1. The molecule has 1 saturated carbocycles. The second-order valence-corrected chi connectivity index (χ2v) is 7.39. The number of aromatic nitrogens is 1. The van der Waals surface area contributed by atoms with Gasteiger partial charge in [0.25, 0.3) is 0 Å². The number of carbonyl (C=O) groups is 1. The Morgan fingerprint density at radius 1 is 1.26 bits per heavy atom. The van der Waals surface area contributed by atoms with Crippen molar-refractivity contribution in [1.82, 2.24) is 4.98 Å². The molecule has 0 bridgehead atoms. The second kappa shape index (κ2) is 5.99. The molecule has 7 nitrogen and oxygen atoms in total. The molecule has 10 heteroatoms. The zero-order valence-electron chi connectivity index (χ0n) is 14.1. The first-order chi connectivity index (χ1) is 12.7. The number of rotatable bonds is 4. The molecular formula is C17H17F3N4O3. The molecule has 2 N–H and O–H groups in total. The molecule has 3 fully saturated rings. The Bertz CT molecular complexity index is 820. The maximum absolute atomic E-state index is 13.5. The first kappa shape index (κ1) is 17.9. The average molecular weight is 382 g/mol. The highest BCUT2D eigenvalue weighted by atomic mass is 19.4. The summed E-state index contributed by atoms with van der Waals surface area (Å²) in [5, 5.41) is 27.6. The molecule has 2 aliphatic heterocycles. The van der Waals surface area contributed by atoms with Crippen LogP contribution in [0.5, 0.6) is 0 Å². The minimum Gasteiger partial charge on any atom is -0.481 e.